The van der Waals surface area contributed by atoms with Crippen LogP contribution in [0, 0.1) is 5.92 Å². The molecule has 3 amide bonds. The van der Waals surface area contributed by atoms with Gasteiger partial charge >= 0.3 is 12.1 Å². The van der Waals surface area contributed by atoms with Gasteiger partial charge in [-0.2, -0.15) is 13.2 Å². The molecule has 1 aliphatic rings. The number of nitrogens with zero attached hydrogens (tertiary/aromatic N) is 1. The number of benzene rings is 3. The first-order valence-corrected chi connectivity index (χ1v) is 13.4. The van der Waals surface area contributed by atoms with E-state index in [0.29, 0.717) is 49.3 Å². The number of piperidine rings is 1. The number of carbonyl (C=O) groups excluding carboxylic acids is 3. The van der Waals surface area contributed by atoms with Gasteiger partial charge in [-0.05, 0) is 67.6 Å². The summed E-state index contributed by atoms with van der Waals surface area (Å²) >= 11 is 0. The van der Waals surface area contributed by atoms with Crippen LogP contribution in [-0.4, -0.2) is 59.5 Å². The van der Waals surface area contributed by atoms with Crippen molar-refractivity contribution >= 4 is 29.4 Å². The molecule has 0 saturated carbocycles. The number of rotatable bonds is 8. The van der Waals surface area contributed by atoms with Crippen LogP contribution in [-0.2, 0) is 16.0 Å². The zero-order valence-corrected chi connectivity index (χ0v) is 22.8. The monoisotopic (exact) mass is 583 g/mol. The number of hydrogen-bond donors (Lipinski definition) is 3. The van der Waals surface area contributed by atoms with Gasteiger partial charge in [0.25, 0.3) is 11.8 Å². The van der Waals surface area contributed by atoms with Crippen molar-refractivity contribution in [1.82, 2.24) is 10.2 Å². The lowest BCUT2D eigenvalue weighted by Gasteiger charge is -2.31. The quantitative estimate of drug-likeness (QED) is 0.317. The molecule has 1 saturated heterocycles. The van der Waals surface area contributed by atoms with Crippen LogP contribution in [0.15, 0.2) is 84.9 Å². The van der Waals surface area contributed by atoms with Gasteiger partial charge in [0.05, 0.1) is 0 Å². The molecule has 0 aromatic heterocycles. The summed E-state index contributed by atoms with van der Waals surface area (Å²) in [6.45, 7) is 1.79. The molecule has 1 fully saturated rings. The molecule has 3 aromatic rings. The zero-order chi connectivity index (χ0) is 30.5. The molecule has 11 heteroatoms. The van der Waals surface area contributed by atoms with Gasteiger partial charge in [0, 0.05) is 42.4 Å². The number of carboxylic acids is 1. The summed E-state index contributed by atoms with van der Waals surface area (Å²) in [5, 5.41) is 13.0. The molecule has 3 N–H and O–H groups in total. The first kappa shape index (κ1) is 31.9. The number of anilines is 1. The fraction of sp³-hybridized carbons (Fsp3) is 0.290. The maximum atomic E-state index is 12.9. The van der Waals surface area contributed by atoms with E-state index < -0.39 is 12.1 Å². The third-order valence-corrected chi connectivity index (χ3v) is 6.61. The van der Waals surface area contributed by atoms with Crippen LogP contribution in [0.3, 0.4) is 0 Å². The van der Waals surface area contributed by atoms with Crippen LogP contribution in [0.2, 0.25) is 0 Å². The van der Waals surface area contributed by atoms with E-state index >= 15 is 0 Å². The smallest absolute Gasteiger partial charge is 0.475 e. The van der Waals surface area contributed by atoms with Crippen molar-refractivity contribution < 1.29 is 37.5 Å². The van der Waals surface area contributed by atoms with Gasteiger partial charge in [-0.1, -0.05) is 48.5 Å². The lowest BCUT2D eigenvalue weighted by molar-refractivity contribution is -0.192. The van der Waals surface area contributed by atoms with E-state index in [1.165, 1.54) is 5.56 Å². The fourth-order valence-corrected chi connectivity index (χ4v) is 4.31. The first-order chi connectivity index (χ1) is 20.0. The number of carbonyl (C=O) groups is 4. The lowest BCUT2D eigenvalue weighted by atomic mass is 9.95. The normalized spacial score (nSPS) is 13.4. The summed E-state index contributed by atoms with van der Waals surface area (Å²) < 4.78 is 31.7. The van der Waals surface area contributed by atoms with E-state index in [1.807, 2.05) is 36.4 Å². The largest absolute Gasteiger partial charge is 0.490 e. The molecule has 222 valence electrons. The third-order valence-electron chi connectivity index (χ3n) is 6.61. The van der Waals surface area contributed by atoms with Gasteiger partial charge in [0.15, 0.2) is 0 Å². The number of carboxylic acid groups (broad SMARTS) is 1. The average molecular weight is 584 g/mol. The summed E-state index contributed by atoms with van der Waals surface area (Å²) in [4.78, 5) is 48.4. The molecular weight excluding hydrogens is 551 g/mol. The van der Waals surface area contributed by atoms with E-state index in [4.69, 9.17) is 9.90 Å². The summed E-state index contributed by atoms with van der Waals surface area (Å²) in [6, 6.07) is 26.2. The molecule has 0 aliphatic carbocycles. The Bertz CT molecular complexity index is 1330. The molecule has 0 radical (unpaired) electrons. The number of alkyl halides is 3. The van der Waals surface area contributed by atoms with Crippen LogP contribution in [0.5, 0.6) is 0 Å². The Balaban J connectivity index is 0.000000616. The van der Waals surface area contributed by atoms with Crippen molar-refractivity contribution in [3.63, 3.8) is 0 Å². The number of likely N-dealkylation sites (tertiary alicyclic amines) is 1. The third kappa shape index (κ3) is 10.1. The second-order valence-corrected chi connectivity index (χ2v) is 9.65. The molecule has 0 unspecified atom stereocenters. The van der Waals surface area contributed by atoms with Gasteiger partial charge < -0.3 is 20.6 Å². The standard InChI is InChI=1S/C29H31N3O3.C2HF3O2/c33-27(30-19-7-10-22-8-3-1-4-9-22)24-17-20-32(21-18-24)29(35)25-13-15-26(16-14-25)31-28(34)23-11-5-2-6-12-23;3-2(4,5)1(6)7/h1-6,8-9,11-16,24H,7,10,17-21H2,(H,30,33)(H,31,34);(H,6,7). The Morgan fingerprint density at radius 2 is 1.36 bits per heavy atom. The first-order valence-electron chi connectivity index (χ1n) is 13.4. The van der Waals surface area contributed by atoms with E-state index in [0.717, 1.165) is 12.8 Å². The Labute approximate surface area is 241 Å². The Morgan fingerprint density at radius 3 is 1.90 bits per heavy atom. The van der Waals surface area contributed by atoms with Crippen molar-refractivity contribution in [3.05, 3.63) is 102 Å². The molecule has 0 spiro atoms. The fourth-order valence-electron chi connectivity index (χ4n) is 4.31. The lowest BCUT2D eigenvalue weighted by Crippen LogP contribution is -2.43. The average Bonchev–Trinajstić information content (AvgIpc) is 3.00. The van der Waals surface area contributed by atoms with E-state index in [9.17, 15) is 27.6 Å². The number of amides is 3. The number of aryl methyl sites for hydroxylation is 1. The van der Waals surface area contributed by atoms with Crippen molar-refractivity contribution in [1.29, 1.82) is 0 Å². The minimum atomic E-state index is -5.08. The van der Waals surface area contributed by atoms with Gasteiger partial charge in [0.1, 0.15) is 0 Å². The van der Waals surface area contributed by atoms with Crippen LogP contribution in [0.1, 0.15) is 45.5 Å². The highest BCUT2D eigenvalue weighted by Gasteiger charge is 2.38. The van der Waals surface area contributed by atoms with Crippen LogP contribution in [0.4, 0.5) is 18.9 Å². The maximum Gasteiger partial charge on any atom is 0.490 e. The predicted molar refractivity (Wildman–Crippen MR) is 151 cm³/mol. The summed E-state index contributed by atoms with van der Waals surface area (Å²) in [7, 11) is 0. The van der Waals surface area contributed by atoms with Crippen LogP contribution >= 0.6 is 0 Å². The Morgan fingerprint density at radius 1 is 0.810 bits per heavy atom. The SMILES string of the molecule is O=C(Nc1ccc(C(=O)N2CCC(C(=O)NCCCc3ccccc3)CC2)cc1)c1ccccc1.O=C(O)C(F)(F)F. The maximum absolute atomic E-state index is 12.9. The van der Waals surface area contributed by atoms with Crippen molar-refractivity contribution in [3.8, 4) is 0 Å². The molecular formula is C31H32F3N3O5. The van der Waals surface area contributed by atoms with Crippen LogP contribution < -0.4 is 10.6 Å². The van der Waals surface area contributed by atoms with E-state index in [1.54, 1.807) is 41.3 Å². The molecule has 3 aromatic carbocycles. The Hall–Kier alpha value is -4.67. The molecule has 4 rings (SSSR count). The predicted octanol–water partition coefficient (Wildman–Crippen LogP) is 5.17. The second-order valence-electron chi connectivity index (χ2n) is 9.65. The van der Waals surface area contributed by atoms with E-state index in [2.05, 4.69) is 22.8 Å². The highest BCUT2D eigenvalue weighted by atomic mass is 19.4. The molecule has 0 atom stereocenters. The van der Waals surface area contributed by atoms with Gasteiger partial charge in [-0.25, -0.2) is 4.79 Å². The minimum Gasteiger partial charge on any atom is -0.475 e. The van der Waals surface area contributed by atoms with Crippen LogP contribution in [0.25, 0.3) is 0 Å². The molecule has 1 aliphatic heterocycles. The molecule has 42 heavy (non-hydrogen) atoms. The number of halogens is 3. The van der Waals surface area contributed by atoms with Crippen molar-refractivity contribution in [2.45, 2.75) is 31.9 Å². The number of aliphatic carboxylic acids is 1. The molecule has 0 bridgehead atoms. The molecule has 1 heterocycles. The number of hydrogen-bond acceptors (Lipinski definition) is 4. The Kier molecular flexibility index (Phi) is 11.7. The minimum absolute atomic E-state index is 0.0485. The second kappa shape index (κ2) is 15.4. The highest BCUT2D eigenvalue weighted by Crippen LogP contribution is 2.20. The summed E-state index contributed by atoms with van der Waals surface area (Å²) in [5.74, 6) is -2.96. The number of nitrogens with one attached hydrogen (secondary N) is 2. The van der Waals surface area contributed by atoms with Crippen molar-refractivity contribution in [2.75, 3.05) is 25.0 Å². The summed E-state index contributed by atoms with van der Waals surface area (Å²) in [6.07, 6.45) is -1.89. The zero-order valence-electron chi connectivity index (χ0n) is 22.8. The molecule has 8 nitrogen and oxygen atoms in total. The highest BCUT2D eigenvalue weighted by molar-refractivity contribution is 6.04. The summed E-state index contributed by atoms with van der Waals surface area (Å²) in [5.41, 5.74) is 3.07. The van der Waals surface area contributed by atoms with Gasteiger partial charge in [0.2, 0.25) is 5.91 Å². The van der Waals surface area contributed by atoms with Gasteiger partial charge in [-0.3, -0.25) is 14.4 Å². The van der Waals surface area contributed by atoms with Crippen molar-refractivity contribution in [2.24, 2.45) is 5.92 Å². The van der Waals surface area contributed by atoms with E-state index in [-0.39, 0.29) is 23.6 Å². The topological polar surface area (TPSA) is 116 Å². The van der Waals surface area contributed by atoms with Gasteiger partial charge in [-0.15, -0.1) is 0 Å².